The van der Waals surface area contributed by atoms with Crippen molar-refractivity contribution in [2.45, 2.75) is 23.9 Å². The summed E-state index contributed by atoms with van der Waals surface area (Å²) < 4.78 is 48.2. The Balaban J connectivity index is 1.99. The number of carbonyl (C=O) groups excluding carboxylic acids is 2. The molecular formula is C19H16ClF3N2O5. The minimum absolute atomic E-state index is 0.137. The molecular weight excluding hydrogens is 429 g/mol. The van der Waals surface area contributed by atoms with Gasteiger partial charge in [0.15, 0.2) is 0 Å². The Morgan fingerprint density at radius 1 is 1.43 bits per heavy atom. The Bertz CT molecular complexity index is 987. The van der Waals surface area contributed by atoms with Crippen molar-refractivity contribution in [3.05, 3.63) is 41.2 Å². The van der Waals surface area contributed by atoms with Gasteiger partial charge in [-0.3, -0.25) is 19.3 Å². The molecule has 1 aromatic rings. The molecule has 2 saturated heterocycles. The third-order valence-electron chi connectivity index (χ3n) is 5.92. The number of nitrogens with one attached hydrogen (secondary N) is 1. The maximum atomic E-state index is 14.5. The molecule has 1 unspecified atom stereocenters. The molecule has 30 heavy (non-hydrogen) atoms. The van der Waals surface area contributed by atoms with Crippen LogP contribution in [-0.4, -0.2) is 53.0 Å². The maximum Gasteiger partial charge on any atom is 0.313 e. The van der Waals surface area contributed by atoms with Crippen LogP contribution in [0.25, 0.3) is 0 Å². The summed E-state index contributed by atoms with van der Waals surface area (Å²) in [6.45, 7) is 2.14. The van der Waals surface area contributed by atoms with E-state index in [2.05, 4.69) is 11.9 Å². The van der Waals surface area contributed by atoms with E-state index in [1.807, 2.05) is 0 Å². The number of rotatable bonds is 4. The number of carboxylic acid groups (broad SMARTS) is 1. The first-order valence-electron chi connectivity index (χ1n) is 9.00. The Morgan fingerprint density at radius 2 is 2.13 bits per heavy atom. The smallest absolute Gasteiger partial charge is 0.313 e. The van der Waals surface area contributed by atoms with Gasteiger partial charge in [0.2, 0.25) is 0 Å². The van der Waals surface area contributed by atoms with Gasteiger partial charge in [-0.1, -0.05) is 24.3 Å². The molecule has 4 atom stereocenters. The van der Waals surface area contributed by atoms with Crippen LogP contribution in [0.4, 0.5) is 18.9 Å². The van der Waals surface area contributed by atoms with Gasteiger partial charge < -0.3 is 15.2 Å². The Morgan fingerprint density at radius 3 is 2.77 bits per heavy atom. The van der Waals surface area contributed by atoms with Gasteiger partial charge in [-0.05, 0) is 12.1 Å². The molecule has 11 heteroatoms. The number of nitrogens with zero attached hydrogens (tertiary/aromatic N) is 1. The summed E-state index contributed by atoms with van der Waals surface area (Å²) in [4.78, 5) is 39.2. The molecule has 0 aliphatic carbocycles. The average molecular weight is 445 g/mol. The highest BCUT2D eigenvalue weighted by Crippen LogP contribution is 2.60. The molecule has 0 bridgehead atoms. The fourth-order valence-corrected chi connectivity index (χ4v) is 5.20. The number of halogens is 4. The van der Waals surface area contributed by atoms with Gasteiger partial charge in [-0.25, -0.2) is 13.2 Å². The van der Waals surface area contributed by atoms with Crippen LogP contribution in [0.5, 0.6) is 0 Å². The van der Waals surface area contributed by atoms with Crippen molar-refractivity contribution in [1.82, 2.24) is 4.90 Å². The van der Waals surface area contributed by atoms with Crippen molar-refractivity contribution in [1.29, 1.82) is 0 Å². The summed E-state index contributed by atoms with van der Waals surface area (Å²) in [7, 11) is 0. The summed E-state index contributed by atoms with van der Waals surface area (Å²) >= 11 is 5.96. The van der Waals surface area contributed by atoms with Crippen molar-refractivity contribution in [2.24, 2.45) is 11.8 Å². The van der Waals surface area contributed by atoms with E-state index in [9.17, 15) is 32.7 Å². The topological polar surface area (TPSA) is 95.9 Å². The molecule has 0 radical (unpaired) electrons. The van der Waals surface area contributed by atoms with Crippen LogP contribution in [0.3, 0.4) is 0 Å². The second-order valence-electron chi connectivity index (χ2n) is 7.55. The van der Waals surface area contributed by atoms with Gasteiger partial charge in [0.05, 0.1) is 18.2 Å². The lowest BCUT2D eigenvalue weighted by atomic mass is 9.74. The van der Waals surface area contributed by atoms with E-state index in [0.29, 0.717) is 0 Å². The van der Waals surface area contributed by atoms with E-state index in [4.69, 9.17) is 16.3 Å². The molecule has 4 rings (SSSR count). The van der Waals surface area contributed by atoms with Crippen LogP contribution in [-0.2, 0) is 24.7 Å². The molecule has 3 heterocycles. The van der Waals surface area contributed by atoms with E-state index in [0.717, 1.165) is 11.0 Å². The van der Waals surface area contributed by atoms with Gasteiger partial charge in [0.1, 0.15) is 23.9 Å². The van der Waals surface area contributed by atoms with E-state index >= 15 is 0 Å². The Labute approximate surface area is 173 Å². The zero-order valence-electron chi connectivity index (χ0n) is 15.3. The number of esters is 1. The largest absolute Gasteiger partial charge is 0.481 e. The number of hydrogen-bond donors (Lipinski definition) is 2. The summed E-state index contributed by atoms with van der Waals surface area (Å²) in [5.41, 5.74) is -2.69. The average Bonchev–Trinajstić information content (AvgIpc) is 3.20. The third kappa shape index (κ3) is 2.66. The summed E-state index contributed by atoms with van der Waals surface area (Å²) in [5.74, 6) is -11.2. The zero-order chi connectivity index (χ0) is 22.0. The number of alkyl halides is 2. The number of benzene rings is 1. The molecule has 2 fully saturated rings. The number of aliphatic carboxylic acids is 1. The van der Waals surface area contributed by atoms with Gasteiger partial charge in [-0.15, -0.1) is 0 Å². The van der Waals surface area contributed by atoms with Crippen molar-refractivity contribution >= 4 is 35.1 Å². The predicted octanol–water partition coefficient (Wildman–Crippen LogP) is 2.40. The number of carboxylic acids is 1. The van der Waals surface area contributed by atoms with Gasteiger partial charge in [0, 0.05) is 23.0 Å². The number of anilines is 1. The van der Waals surface area contributed by atoms with E-state index < -0.39 is 66.0 Å². The lowest BCUT2D eigenvalue weighted by Gasteiger charge is -2.36. The van der Waals surface area contributed by atoms with Crippen molar-refractivity contribution in [3.8, 4) is 0 Å². The first kappa shape index (κ1) is 20.7. The second-order valence-corrected chi connectivity index (χ2v) is 7.98. The lowest BCUT2D eigenvalue weighted by molar-refractivity contribution is -0.161. The molecule has 2 N–H and O–H groups in total. The first-order chi connectivity index (χ1) is 14.0. The maximum absolute atomic E-state index is 14.5. The van der Waals surface area contributed by atoms with E-state index in [-0.39, 0.29) is 22.9 Å². The number of amides is 1. The fourth-order valence-electron chi connectivity index (χ4n) is 5.00. The Hall–Kier alpha value is -2.59. The minimum Gasteiger partial charge on any atom is -0.481 e. The number of ether oxygens (including phenoxy) is 1. The predicted molar refractivity (Wildman–Crippen MR) is 97.5 cm³/mol. The van der Waals surface area contributed by atoms with Crippen LogP contribution < -0.4 is 5.32 Å². The SMILES string of the molecule is C=CCOC(=O)[C@@H]1[C@H](C(=O)O)C2CC(F)(F)CN2[C@@]12C(=O)Nc1c(F)cc(Cl)cc12. The number of hydrogen-bond acceptors (Lipinski definition) is 5. The normalized spacial score (nSPS) is 31.3. The molecule has 1 amide bonds. The molecule has 3 aliphatic rings. The highest BCUT2D eigenvalue weighted by molar-refractivity contribution is 6.31. The quantitative estimate of drug-likeness (QED) is 0.547. The van der Waals surface area contributed by atoms with Crippen LogP contribution >= 0.6 is 11.6 Å². The molecule has 3 aliphatic heterocycles. The Kier molecular flexibility index (Phi) is 4.62. The molecule has 0 aromatic heterocycles. The number of fused-ring (bicyclic) bond motifs is 4. The second kappa shape index (κ2) is 6.71. The highest BCUT2D eigenvalue weighted by Gasteiger charge is 2.75. The van der Waals surface area contributed by atoms with E-state index in [1.54, 1.807) is 0 Å². The van der Waals surface area contributed by atoms with Gasteiger partial charge in [-0.2, -0.15) is 0 Å². The monoisotopic (exact) mass is 444 g/mol. The highest BCUT2D eigenvalue weighted by atomic mass is 35.5. The minimum atomic E-state index is -3.30. The summed E-state index contributed by atoms with van der Waals surface area (Å²) in [5, 5.41) is 12.0. The zero-order valence-corrected chi connectivity index (χ0v) is 16.1. The van der Waals surface area contributed by atoms with Crippen LogP contribution in [0.2, 0.25) is 5.02 Å². The summed E-state index contributed by atoms with van der Waals surface area (Å²) in [6.07, 6.45) is 0.367. The molecule has 1 aromatic carbocycles. The van der Waals surface area contributed by atoms with Crippen LogP contribution in [0.15, 0.2) is 24.8 Å². The standard InChI is InChI=1S/C19H16ClF3N2O5/c1-2-3-30-16(28)13-12(15(26)27)11-6-18(22,23)7-25(11)19(13)9-4-8(20)5-10(21)14(9)24-17(19)29/h2,4-5,11-13H,1,3,6-7H2,(H,24,29)(H,26,27)/t11?,12-,13+,19-/m1/s1. The lowest BCUT2D eigenvalue weighted by Crippen LogP contribution is -2.54. The first-order valence-corrected chi connectivity index (χ1v) is 9.38. The number of carbonyl (C=O) groups is 3. The van der Waals surface area contributed by atoms with Crippen molar-refractivity contribution in [3.63, 3.8) is 0 Å². The third-order valence-corrected chi connectivity index (χ3v) is 6.14. The van der Waals surface area contributed by atoms with Crippen LogP contribution in [0.1, 0.15) is 12.0 Å². The van der Waals surface area contributed by atoms with Crippen molar-refractivity contribution in [2.75, 3.05) is 18.5 Å². The van der Waals surface area contributed by atoms with Crippen LogP contribution in [0, 0.1) is 17.7 Å². The van der Waals surface area contributed by atoms with Gasteiger partial charge >= 0.3 is 11.9 Å². The molecule has 0 saturated carbocycles. The summed E-state index contributed by atoms with van der Waals surface area (Å²) in [6, 6.07) is 0.755. The molecule has 1 spiro atoms. The van der Waals surface area contributed by atoms with Crippen molar-refractivity contribution < 1.29 is 37.4 Å². The molecule has 160 valence electrons. The fraction of sp³-hybridized carbons (Fsp3) is 0.421. The van der Waals surface area contributed by atoms with E-state index in [1.165, 1.54) is 12.1 Å². The molecule has 7 nitrogen and oxygen atoms in total. The van der Waals surface area contributed by atoms with Gasteiger partial charge in [0.25, 0.3) is 11.8 Å².